The number of urea groups is 1. The molecule has 40 heavy (non-hydrogen) atoms. The highest BCUT2D eigenvalue weighted by Gasteiger charge is 2.28. The molecule has 10 nitrogen and oxygen atoms in total. The first-order valence-corrected chi connectivity index (χ1v) is 13.3. The number of nitrogens with zero attached hydrogens (tertiary/aromatic N) is 6. The van der Waals surface area contributed by atoms with E-state index in [1.54, 1.807) is 18.2 Å². The molecular weight excluding hydrogens is 509 g/mol. The second-order valence-corrected chi connectivity index (χ2v) is 10.5. The normalized spacial score (nSPS) is 16.1. The van der Waals surface area contributed by atoms with Crippen molar-refractivity contribution < 1.29 is 9.18 Å². The maximum atomic E-state index is 15.2. The predicted octanol–water partition coefficient (Wildman–Crippen LogP) is 4.42. The van der Waals surface area contributed by atoms with E-state index in [-0.39, 0.29) is 5.69 Å². The number of rotatable bonds is 6. The molecule has 1 aliphatic carbocycles. The second kappa shape index (κ2) is 10.6. The number of fused-ring (bicyclic) bond motifs is 1. The van der Waals surface area contributed by atoms with Gasteiger partial charge in [0.2, 0.25) is 0 Å². The largest absolute Gasteiger partial charge is 0.383 e. The summed E-state index contributed by atoms with van der Waals surface area (Å²) in [6.45, 7) is 4.55. The first-order chi connectivity index (χ1) is 19.4. The SMILES string of the molecule is CN1CCN(Cc2ccc(NC(=O)Nc3ccc(-c4cn(C5CC5)c5ncnc(N)c45)cc3F)cc2C#N)CC1. The summed E-state index contributed by atoms with van der Waals surface area (Å²) >= 11 is 0. The summed E-state index contributed by atoms with van der Waals surface area (Å²) in [4.78, 5) is 25.8. The maximum Gasteiger partial charge on any atom is 0.323 e. The molecule has 204 valence electrons. The Bertz CT molecular complexity index is 1630. The molecule has 1 aliphatic heterocycles. The fraction of sp³-hybridized carbons (Fsp3) is 0.310. The topological polar surface area (TPSA) is 128 Å². The smallest absolute Gasteiger partial charge is 0.323 e. The summed E-state index contributed by atoms with van der Waals surface area (Å²) < 4.78 is 17.2. The van der Waals surface area contributed by atoms with E-state index in [1.165, 1.54) is 18.5 Å². The van der Waals surface area contributed by atoms with Crippen LogP contribution in [0.15, 0.2) is 48.9 Å². The minimum absolute atomic E-state index is 0.0311. The minimum atomic E-state index is -0.606. The van der Waals surface area contributed by atoms with Crippen molar-refractivity contribution in [2.24, 2.45) is 0 Å². The molecule has 0 atom stereocenters. The van der Waals surface area contributed by atoms with Crippen molar-refractivity contribution in [1.29, 1.82) is 5.26 Å². The number of anilines is 3. The molecule has 2 aliphatic rings. The summed E-state index contributed by atoms with van der Waals surface area (Å²) in [7, 11) is 2.10. The van der Waals surface area contributed by atoms with Crippen molar-refractivity contribution in [3.05, 3.63) is 65.9 Å². The fourth-order valence-corrected chi connectivity index (χ4v) is 5.17. The number of benzene rings is 2. The van der Waals surface area contributed by atoms with Crippen molar-refractivity contribution in [2.45, 2.75) is 25.4 Å². The molecule has 2 fully saturated rings. The Balaban J connectivity index is 1.16. The summed E-state index contributed by atoms with van der Waals surface area (Å²) in [5, 5.41) is 15.6. The number of likely N-dealkylation sites (N-methyl/N-ethyl adjacent to an activating group) is 1. The number of nitrogens with two attached hydrogens (primary N) is 1. The van der Waals surface area contributed by atoms with Crippen molar-refractivity contribution in [3.63, 3.8) is 0 Å². The molecule has 11 heteroatoms. The molecule has 0 bridgehead atoms. The number of hydrogen-bond donors (Lipinski definition) is 3. The fourth-order valence-electron chi connectivity index (χ4n) is 5.17. The summed E-state index contributed by atoms with van der Waals surface area (Å²) in [5.74, 6) is -0.247. The standard InChI is InChI=1S/C29H30FN9O/c1-37-8-10-38(11-9-37)15-19-2-4-21(12-20(19)14-31)35-29(40)36-25-7-3-18(13-24(25)30)23-16-39(22-5-6-22)28-26(23)27(32)33-17-34-28/h2-4,7,12-13,16-17,22H,5-6,8-11,15H2,1H3,(H2,32,33,34)(H2,35,36,40). The number of nitrogen functional groups attached to an aromatic ring is 1. The number of carbonyl (C=O) groups excluding carboxylic acids is 1. The summed E-state index contributed by atoms with van der Waals surface area (Å²) in [5.41, 5.74) is 10.2. The Kier molecular flexibility index (Phi) is 6.79. The van der Waals surface area contributed by atoms with Gasteiger partial charge in [-0.15, -0.1) is 0 Å². The Hall–Kier alpha value is -4.53. The number of piperazine rings is 1. The van der Waals surface area contributed by atoms with Crippen LogP contribution >= 0.6 is 0 Å². The van der Waals surface area contributed by atoms with E-state index < -0.39 is 11.8 Å². The summed E-state index contributed by atoms with van der Waals surface area (Å²) in [6, 6.07) is 11.9. The van der Waals surface area contributed by atoms with Crippen LogP contribution in [0.25, 0.3) is 22.2 Å². The van der Waals surface area contributed by atoms with Gasteiger partial charge in [0.05, 0.1) is 22.7 Å². The van der Waals surface area contributed by atoms with Crippen LogP contribution in [0, 0.1) is 17.1 Å². The number of nitriles is 1. The summed E-state index contributed by atoms with van der Waals surface area (Å²) in [6.07, 6.45) is 5.51. The van der Waals surface area contributed by atoms with Crippen molar-refractivity contribution in [3.8, 4) is 17.2 Å². The van der Waals surface area contributed by atoms with Gasteiger partial charge in [0, 0.05) is 56.2 Å². The first kappa shape index (κ1) is 25.7. The van der Waals surface area contributed by atoms with Gasteiger partial charge >= 0.3 is 6.03 Å². The van der Waals surface area contributed by atoms with Crippen LogP contribution in [0.2, 0.25) is 0 Å². The quantitative estimate of drug-likeness (QED) is 0.331. The van der Waals surface area contributed by atoms with Crippen LogP contribution in [0.1, 0.15) is 30.0 Å². The molecule has 0 radical (unpaired) electrons. The average Bonchev–Trinajstić information content (AvgIpc) is 3.71. The van der Waals surface area contributed by atoms with Crippen LogP contribution in [0.4, 0.5) is 26.4 Å². The van der Waals surface area contributed by atoms with E-state index in [2.05, 4.69) is 48.1 Å². The molecule has 2 aromatic heterocycles. The molecule has 4 N–H and O–H groups in total. The van der Waals surface area contributed by atoms with Crippen LogP contribution < -0.4 is 16.4 Å². The molecule has 6 rings (SSSR count). The molecule has 2 aromatic carbocycles. The van der Waals surface area contributed by atoms with E-state index in [9.17, 15) is 10.1 Å². The second-order valence-electron chi connectivity index (χ2n) is 10.5. The number of amides is 2. The van der Waals surface area contributed by atoms with Crippen molar-refractivity contribution >= 4 is 34.3 Å². The van der Waals surface area contributed by atoms with E-state index in [0.29, 0.717) is 40.6 Å². The average molecular weight is 540 g/mol. The van der Waals surface area contributed by atoms with Crippen LogP contribution in [-0.4, -0.2) is 63.6 Å². The Labute approximate surface area is 231 Å². The number of nitrogens with one attached hydrogen (secondary N) is 2. The van der Waals surface area contributed by atoms with Gasteiger partial charge in [-0.05, 0) is 55.3 Å². The molecule has 2 amide bonds. The lowest BCUT2D eigenvalue weighted by Gasteiger charge is -2.32. The van der Waals surface area contributed by atoms with E-state index in [0.717, 1.165) is 55.8 Å². The lowest BCUT2D eigenvalue weighted by molar-refractivity contribution is 0.148. The number of carbonyl (C=O) groups is 1. The Morgan fingerprint density at radius 3 is 2.65 bits per heavy atom. The van der Waals surface area contributed by atoms with Crippen LogP contribution in [-0.2, 0) is 6.54 Å². The molecule has 1 saturated carbocycles. The highest BCUT2D eigenvalue weighted by molar-refractivity contribution is 6.02. The number of hydrogen-bond acceptors (Lipinski definition) is 7. The van der Waals surface area contributed by atoms with E-state index in [4.69, 9.17) is 5.73 Å². The lowest BCUT2D eigenvalue weighted by Crippen LogP contribution is -2.43. The van der Waals surface area contributed by atoms with Gasteiger partial charge in [-0.25, -0.2) is 19.2 Å². The van der Waals surface area contributed by atoms with Gasteiger partial charge in [0.25, 0.3) is 0 Å². The lowest BCUT2D eigenvalue weighted by atomic mass is 10.1. The maximum absolute atomic E-state index is 15.2. The zero-order chi connectivity index (χ0) is 27.8. The van der Waals surface area contributed by atoms with Gasteiger partial charge in [0.1, 0.15) is 23.6 Å². The third-order valence-corrected chi connectivity index (χ3v) is 7.59. The van der Waals surface area contributed by atoms with Crippen molar-refractivity contribution in [2.75, 3.05) is 49.6 Å². The molecule has 0 spiro atoms. The first-order valence-electron chi connectivity index (χ1n) is 13.3. The zero-order valence-electron chi connectivity index (χ0n) is 22.2. The number of halogens is 1. The Morgan fingerprint density at radius 2 is 1.93 bits per heavy atom. The highest BCUT2D eigenvalue weighted by atomic mass is 19.1. The molecule has 1 saturated heterocycles. The van der Waals surface area contributed by atoms with E-state index >= 15 is 4.39 Å². The van der Waals surface area contributed by atoms with Crippen LogP contribution in [0.5, 0.6) is 0 Å². The predicted molar refractivity (Wildman–Crippen MR) is 152 cm³/mol. The molecule has 4 aromatic rings. The van der Waals surface area contributed by atoms with E-state index in [1.807, 2.05) is 12.3 Å². The van der Waals surface area contributed by atoms with Gasteiger partial charge in [-0.1, -0.05) is 12.1 Å². The molecule has 3 heterocycles. The third kappa shape index (κ3) is 5.19. The zero-order valence-corrected chi connectivity index (χ0v) is 22.2. The number of aromatic nitrogens is 3. The van der Waals surface area contributed by atoms with Crippen LogP contribution in [0.3, 0.4) is 0 Å². The highest BCUT2D eigenvalue weighted by Crippen LogP contribution is 2.42. The van der Waals surface area contributed by atoms with Crippen molar-refractivity contribution in [1.82, 2.24) is 24.3 Å². The van der Waals surface area contributed by atoms with Gasteiger partial charge in [0.15, 0.2) is 0 Å². The van der Waals surface area contributed by atoms with Gasteiger partial charge < -0.3 is 25.8 Å². The van der Waals surface area contributed by atoms with Gasteiger partial charge in [-0.2, -0.15) is 5.26 Å². The molecular formula is C29H30FN9O. The third-order valence-electron chi connectivity index (χ3n) is 7.59. The van der Waals surface area contributed by atoms with Gasteiger partial charge in [-0.3, -0.25) is 4.90 Å². The minimum Gasteiger partial charge on any atom is -0.383 e. The molecule has 0 unspecified atom stereocenters. The monoisotopic (exact) mass is 539 g/mol. The Morgan fingerprint density at radius 1 is 1.12 bits per heavy atom.